The Labute approximate surface area is 155 Å². The molecule has 1 fully saturated rings. The van der Waals surface area contributed by atoms with Gasteiger partial charge >= 0.3 is 0 Å². The second kappa shape index (κ2) is 7.97. The van der Waals surface area contributed by atoms with Crippen molar-refractivity contribution in [3.8, 4) is 0 Å². The number of likely N-dealkylation sites (N-methyl/N-ethyl adjacent to an activating group) is 1. The average molecular weight is 406 g/mol. The first kappa shape index (κ1) is 17.9. The number of carbonyl (C=O) groups is 1. The van der Waals surface area contributed by atoms with Crippen LogP contribution < -0.4 is 10.2 Å². The first-order chi connectivity index (χ1) is 12.1. The summed E-state index contributed by atoms with van der Waals surface area (Å²) in [6, 6.07) is 11.9. The van der Waals surface area contributed by atoms with E-state index >= 15 is 0 Å². The highest BCUT2D eigenvalue weighted by molar-refractivity contribution is 9.10. The van der Waals surface area contributed by atoms with E-state index in [0.29, 0.717) is 10.0 Å². The smallest absolute Gasteiger partial charge is 0.256 e. The van der Waals surface area contributed by atoms with E-state index in [-0.39, 0.29) is 11.7 Å². The maximum absolute atomic E-state index is 13.2. The number of amides is 1. The van der Waals surface area contributed by atoms with E-state index in [2.05, 4.69) is 38.0 Å². The Morgan fingerprint density at radius 1 is 1.16 bits per heavy atom. The number of halogens is 2. The predicted molar refractivity (Wildman–Crippen MR) is 103 cm³/mol. The Hall–Kier alpha value is -1.92. The number of para-hydroxylation sites is 2. The molecule has 2 aromatic rings. The van der Waals surface area contributed by atoms with Crippen molar-refractivity contribution < 1.29 is 9.18 Å². The molecular weight excluding hydrogens is 385 g/mol. The van der Waals surface area contributed by atoms with E-state index in [1.807, 2.05) is 24.3 Å². The summed E-state index contributed by atoms with van der Waals surface area (Å²) in [5.41, 5.74) is 2.20. The molecule has 0 aromatic heterocycles. The molecule has 0 unspecified atom stereocenters. The number of carbonyl (C=O) groups excluding carboxylic acids is 1. The molecular formula is C19H21BrFN3O. The molecule has 6 heteroatoms. The zero-order valence-electron chi connectivity index (χ0n) is 14.1. The van der Waals surface area contributed by atoms with Gasteiger partial charge in [0.25, 0.3) is 5.91 Å². The molecule has 1 aliphatic rings. The van der Waals surface area contributed by atoms with Crippen molar-refractivity contribution >= 4 is 33.2 Å². The third-order valence-electron chi connectivity index (χ3n) is 4.49. The normalized spacial score (nSPS) is 15.2. The van der Waals surface area contributed by atoms with Crippen molar-refractivity contribution in [2.45, 2.75) is 6.92 Å². The number of rotatable bonds is 4. The lowest BCUT2D eigenvalue weighted by molar-refractivity contribution is 0.102. The highest BCUT2D eigenvalue weighted by Gasteiger charge is 2.19. The van der Waals surface area contributed by atoms with Crippen molar-refractivity contribution in [2.24, 2.45) is 0 Å². The summed E-state index contributed by atoms with van der Waals surface area (Å²) in [6.07, 6.45) is 0. The van der Waals surface area contributed by atoms with Crippen LogP contribution in [0.2, 0.25) is 0 Å². The van der Waals surface area contributed by atoms with Crippen LogP contribution in [-0.4, -0.2) is 43.5 Å². The first-order valence-electron chi connectivity index (χ1n) is 8.41. The summed E-state index contributed by atoms with van der Waals surface area (Å²) in [5.74, 6) is -0.635. The minimum atomic E-state index is -0.377. The summed E-state index contributed by atoms with van der Waals surface area (Å²) in [6.45, 7) is 7.13. The van der Waals surface area contributed by atoms with E-state index < -0.39 is 0 Å². The highest BCUT2D eigenvalue weighted by atomic mass is 79.9. The molecule has 0 bridgehead atoms. The van der Waals surface area contributed by atoms with Crippen LogP contribution in [0.25, 0.3) is 0 Å². The second-order valence-electron chi connectivity index (χ2n) is 6.02. The van der Waals surface area contributed by atoms with Crippen LogP contribution in [0.3, 0.4) is 0 Å². The van der Waals surface area contributed by atoms with E-state index in [1.54, 1.807) is 0 Å². The van der Waals surface area contributed by atoms with Crippen LogP contribution in [0, 0.1) is 5.82 Å². The third-order valence-corrected chi connectivity index (χ3v) is 5.14. The molecule has 3 rings (SSSR count). The Kier molecular flexibility index (Phi) is 5.71. The molecule has 1 saturated heterocycles. The molecule has 1 heterocycles. The van der Waals surface area contributed by atoms with Gasteiger partial charge in [0.2, 0.25) is 0 Å². The third kappa shape index (κ3) is 4.19. The van der Waals surface area contributed by atoms with Gasteiger partial charge in [-0.1, -0.05) is 19.1 Å². The lowest BCUT2D eigenvalue weighted by Gasteiger charge is -2.36. The zero-order valence-corrected chi connectivity index (χ0v) is 15.7. The number of hydrogen-bond acceptors (Lipinski definition) is 3. The van der Waals surface area contributed by atoms with Crippen molar-refractivity contribution in [1.29, 1.82) is 0 Å². The summed E-state index contributed by atoms with van der Waals surface area (Å²) in [4.78, 5) is 17.3. The van der Waals surface area contributed by atoms with E-state index in [0.717, 1.165) is 44.1 Å². The number of piperazine rings is 1. The average Bonchev–Trinajstić information content (AvgIpc) is 2.62. The van der Waals surface area contributed by atoms with Gasteiger partial charge < -0.3 is 15.1 Å². The minimum Gasteiger partial charge on any atom is -0.367 e. The molecule has 1 amide bonds. The van der Waals surface area contributed by atoms with E-state index in [1.165, 1.54) is 18.2 Å². The van der Waals surface area contributed by atoms with Crippen LogP contribution in [-0.2, 0) is 0 Å². The van der Waals surface area contributed by atoms with Crippen molar-refractivity contribution in [3.63, 3.8) is 0 Å². The summed E-state index contributed by atoms with van der Waals surface area (Å²) in [5, 5.41) is 2.96. The molecule has 0 saturated carbocycles. The van der Waals surface area contributed by atoms with Gasteiger partial charge in [-0.3, -0.25) is 4.79 Å². The fraction of sp³-hybridized carbons (Fsp3) is 0.316. The number of nitrogens with zero attached hydrogens (tertiary/aromatic N) is 2. The summed E-state index contributed by atoms with van der Waals surface area (Å²) >= 11 is 3.25. The standard InChI is InChI=1S/C19H21BrFN3O/c1-2-23-9-11-24(12-10-23)18-6-4-3-5-17(18)22-19(25)15-8-7-14(21)13-16(15)20/h3-8,13H,2,9-12H2,1H3,(H,22,25). The minimum absolute atomic E-state index is 0.258. The Morgan fingerprint density at radius 2 is 1.88 bits per heavy atom. The number of benzene rings is 2. The van der Waals surface area contributed by atoms with Gasteiger partial charge in [0.1, 0.15) is 5.82 Å². The molecule has 25 heavy (non-hydrogen) atoms. The molecule has 0 atom stereocenters. The fourth-order valence-electron chi connectivity index (χ4n) is 3.02. The first-order valence-corrected chi connectivity index (χ1v) is 9.20. The Bertz CT molecular complexity index is 760. The molecule has 2 aromatic carbocycles. The van der Waals surface area contributed by atoms with Gasteiger partial charge in [0.05, 0.1) is 16.9 Å². The van der Waals surface area contributed by atoms with E-state index in [4.69, 9.17) is 0 Å². The quantitative estimate of drug-likeness (QED) is 0.835. The van der Waals surface area contributed by atoms with Crippen molar-refractivity contribution in [2.75, 3.05) is 42.9 Å². The van der Waals surface area contributed by atoms with Crippen LogP contribution in [0.15, 0.2) is 46.9 Å². The monoisotopic (exact) mass is 405 g/mol. The zero-order chi connectivity index (χ0) is 17.8. The molecule has 132 valence electrons. The fourth-order valence-corrected chi connectivity index (χ4v) is 3.55. The van der Waals surface area contributed by atoms with Crippen LogP contribution in [0.5, 0.6) is 0 Å². The summed E-state index contributed by atoms with van der Waals surface area (Å²) in [7, 11) is 0. The number of anilines is 2. The van der Waals surface area contributed by atoms with Crippen LogP contribution in [0.1, 0.15) is 17.3 Å². The maximum atomic E-state index is 13.2. The lowest BCUT2D eigenvalue weighted by Crippen LogP contribution is -2.46. The SMILES string of the molecule is CCN1CCN(c2ccccc2NC(=O)c2ccc(F)cc2Br)CC1. The van der Waals surface area contributed by atoms with Gasteiger partial charge in [-0.2, -0.15) is 0 Å². The van der Waals surface area contributed by atoms with Gasteiger partial charge in [-0.15, -0.1) is 0 Å². The molecule has 4 nitrogen and oxygen atoms in total. The number of nitrogens with one attached hydrogen (secondary N) is 1. The molecule has 0 spiro atoms. The topological polar surface area (TPSA) is 35.6 Å². The van der Waals surface area contributed by atoms with E-state index in [9.17, 15) is 9.18 Å². The van der Waals surface area contributed by atoms with Gasteiger partial charge in [0, 0.05) is 30.7 Å². The Morgan fingerprint density at radius 3 is 2.56 bits per heavy atom. The highest BCUT2D eigenvalue weighted by Crippen LogP contribution is 2.28. The predicted octanol–water partition coefficient (Wildman–Crippen LogP) is 3.98. The Balaban J connectivity index is 1.78. The molecule has 1 aliphatic heterocycles. The molecule has 0 aliphatic carbocycles. The van der Waals surface area contributed by atoms with Crippen molar-refractivity contribution in [3.05, 3.63) is 58.3 Å². The van der Waals surface area contributed by atoms with Gasteiger partial charge in [-0.05, 0) is 52.8 Å². The largest absolute Gasteiger partial charge is 0.367 e. The van der Waals surface area contributed by atoms with Gasteiger partial charge in [0.15, 0.2) is 0 Å². The van der Waals surface area contributed by atoms with Crippen LogP contribution >= 0.6 is 15.9 Å². The maximum Gasteiger partial charge on any atom is 0.256 e. The lowest BCUT2D eigenvalue weighted by atomic mass is 10.1. The summed E-state index contributed by atoms with van der Waals surface area (Å²) < 4.78 is 13.7. The van der Waals surface area contributed by atoms with Crippen LogP contribution in [0.4, 0.5) is 15.8 Å². The second-order valence-corrected chi connectivity index (χ2v) is 6.87. The molecule has 0 radical (unpaired) electrons. The van der Waals surface area contributed by atoms with Crippen molar-refractivity contribution in [1.82, 2.24) is 4.90 Å². The van der Waals surface area contributed by atoms with Gasteiger partial charge in [-0.25, -0.2) is 4.39 Å². The molecule has 1 N–H and O–H groups in total. The number of hydrogen-bond donors (Lipinski definition) is 1.